The molecule has 0 aliphatic heterocycles. The number of hydrogen-bond acceptors (Lipinski definition) is 4. The van der Waals surface area contributed by atoms with Gasteiger partial charge in [0, 0.05) is 6.42 Å². The molecule has 26 heavy (non-hydrogen) atoms. The van der Waals surface area contributed by atoms with Crippen LogP contribution >= 0.6 is 11.3 Å². The van der Waals surface area contributed by atoms with Crippen molar-refractivity contribution in [1.29, 1.82) is 0 Å². The number of halogens is 1. The lowest BCUT2D eigenvalue weighted by atomic mass is 10.0. The van der Waals surface area contributed by atoms with E-state index in [9.17, 15) is 9.18 Å². The second-order valence-electron chi connectivity index (χ2n) is 6.33. The maximum absolute atomic E-state index is 13.6. The number of thiazole rings is 1. The fourth-order valence-electron chi connectivity index (χ4n) is 2.52. The van der Waals surface area contributed by atoms with Crippen LogP contribution in [0, 0.1) is 5.82 Å². The molecular formula is C20H21FN2O2S. The van der Waals surface area contributed by atoms with E-state index in [-0.39, 0.29) is 11.7 Å². The van der Waals surface area contributed by atoms with E-state index >= 15 is 0 Å². The minimum Gasteiger partial charge on any atom is -0.494 e. The monoisotopic (exact) mass is 372 g/mol. The number of hydrogen-bond donors (Lipinski definition) is 1. The van der Waals surface area contributed by atoms with E-state index in [4.69, 9.17) is 4.74 Å². The molecule has 1 amide bonds. The molecule has 0 radical (unpaired) electrons. The second kappa shape index (κ2) is 8.27. The highest BCUT2D eigenvalue weighted by Gasteiger charge is 2.10. The van der Waals surface area contributed by atoms with Crippen LogP contribution < -0.4 is 10.1 Å². The van der Waals surface area contributed by atoms with Crippen molar-refractivity contribution in [3.63, 3.8) is 0 Å². The zero-order chi connectivity index (χ0) is 18.5. The third-order valence-electron chi connectivity index (χ3n) is 3.98. The fourth-order valence-corrected chi connectivity index (χ4v) is 3.42. The van der Waals surface area contributed by atoms with Gasteiger partial charge in [0.2, 0.25) is 5.91 Å². The normalized spacial score (nSPS) is 11.1. The number of fused-ring (bicyclic) bond motifs is 1. The van der Waals surface area contributed by atoms with Crippen LogP contribution in [0.25, 0.3) is 10.2 Å². The zero-order valence-electron chi connectivity index (χ0n) is 14.8. The Hall–Kier alpha value is -2.47. The molecule has 1 N–H and O–H groups in total. The summed E-state index contributed by atoms with van der Waals surface area (Å²) < 4.78 is 20.0. The summed E-state index contributed by atoms with van der Waals surface area (Å²) in [6, 6.07) is 12.8. The summed E-state index contributed by atoms with van der Waals surface area (Å²) in [4.78, 5) is 16.1. The van der Waals surface area contributed by atoms with Gasteiger partial charge in [-0.25, -0.2) is 9.37 Å². The highest BCUT2D eigenvalue weighted by molar-refractivity contribution is 7.22. The third kappa shape index (κ3) is 4.58. The number of amides is 1. The largest absolute Gasteiger partial charge is 0.494 e. The van der Waals surface area contributed by atoms with Gasteiger partial charge in [-0.1, -0.05) is 43.4 Å². The molecular weight excluding hydrogens is 351 g/mol. The second-order valence-corrected chi connectivity index (χ2v) is 7.36. The molecule has 0 bridgehead atoms. The van der Waals surface area contributed by atoms with E-state index in [1.54, 1.807) is 12.1 Å². The van der Waals surface area contributed by atoms with Crippen LogP contribution in [-0.4, -0.2) is 17.5 Å². The average Bonchev–Trinajstić information content (AvgIpc) is 3.03. The number of benzene rings is 2. The number of aromatic nitrogens is 1. The van der Waals surface area contributed by atoms with Gasteiger partial charge in [0.05, 0.1) is 11.3 Å². The Morgan fingerprint density at radius 1 is 1.23 bits per heavy atom. The Labute approximate surface area is 156 Å². The standard InChI is InChI=1S/C20H21FN2O2S/c1-13(2)14-8-10-15(11-9-14)25-12-4-7-18(24)22-20-23-19-16(21)5-3-6-17(19)26-20/h3,5-6,8-11,13H,4,7,12H2,1-2H3,(H,22,23,24). The molecule has 3 rings (SSSR count). The van der Waals surface area contributed by atoms with E-state index in [0.717, 1.165) is 5.75 Å². The van der Waals surface area contributed by atoms with Crippen molar-refractivity contribution in [2.24, 2.45) is 0 Å². The first kappa shape index (κ1) is 18.3. The van der Waals surface area contributed by atoms with Crippen LogP contribution in [0.15, 0.2) is 42.5 Å². The van der Waals surface area contributed by atoms with Crippen LogP contribution in [-0.2, 0) is 4.79 Å². The fraction of sp³-hybridized carbons (Fsp3) is 0.300. The van der Waals surface area contributed by atoms with E-state index < -0.39 is 0 Å². The van der Waals surface area contributed by atoms with E-state index in [0.29, 0.717) is 40.7 Å². The summed E-state index contributed by atoms with van der Waals surface area (Å²) in [5.41, 5.74) is 1.56. The van der Waals surface area contributed by atoms with Gasteiger partial charge in [-0.3, -0.25) is 4.79 Å². The maximum atomic E-state index is 13.6. The SMILES string of the molecule is CC(C)c1ccc(OCCCC(=O)Nc2nc3c(F)cccc3s2)cc1. The maximum Gasteiger partial charge on any atom is 0.226 e. The Morgan fingerprint density at radius 2 is 2.00 bits per heavy atom. The number of nitrogens with one attached hydrogen (secondary N) is 1. The molecule has 0 aliphatic rings. The van der Waals surface area contributed by atoms with Gasteiger partial charge in [0.1, 0.15) is 17.1 Å². The predicted molar refractivity (Wildman–Crippen MR) is 103 cm³/mol. The molecule has 0 spiro atoms. The van der Waals surface area contributed by atoms with Crippen molar-refractivity contribution in [1.82, 2.24) is 4.98 Å². The van der Waals surface area contributed by atoms with Gasteiger partial charge < -0.3 is 10.1 Å². The highest BCUT2D eigenvalue weighted by atomic mass is 32.1. The summed E-state index contributed by atoms with van der Waals surface area (Å²) in [5, 5.41) is 3.14. The lowest BCUT2D eigenvalue weighted by Crippen LogP contribution is -2.12. The smallest absolute Gasteiger partial charge is 0.226 e. The molecule has 1 aromatic heterocycles. The summed E-state index contributed by atoms with van der Waals surface area (Å²) >= 11 is 1.27. The summed E-state index contributed by atoms with van der Waals surface area (Å²) in [7, 11) is 0. The van der Waals surface area contributed by atoms with Crippen LogP contribution in [0.1, 0.15) is 38.2 Å². The number of para-hydroxylation sites is 1. The molecule has 0 unspecified atom stereocenters. The molecule has 0 aliphatic carbocycles. The molecule has 0 saturated heterocycles. The predicted octanol–water partition coefficient (Wildman–Crippen LogP) is 5.36. The minimum absolute atomic E-state index is 0.150. The molecule has 136 valence electrons. The van der Waals surface area contributed by atoms with Crippen molar-refractivity contribution in [3.8, 4) is 5.75 Å². The van der Waals surface area contributed by atoms with Crippen molar-refractivity contribution in [3.05, 3.63) is 53.8 Å². The Bertz CT molecular complexity index is 890. The van der Waals surface area contributed by atoms with E-state index in [2.05, 4.69) is 36.3 Å². The molecule has 2 aromatic carbocycles. The Morgan fingerprint density at radius 3 is 2.69 bits per heavy atom. The quantitative estimate of drug-likeness (QED) is 0.568. The molecule has 0 saturated carbocycles. The number of nitrogens with zero attached hydrogens (tertiary/aromatic N) is 1. The van der Waals surface area contributed by atoms with Crippen LogP contribution in [0.5, 0.6) is 5.75 Å². The molecule has 0 fully saturated rings. The van der Waals surface area contributed by atoms with Gasteiger partial charge in [-0.2, -0.15) is 0 Å². The van der Waals surface area contributed by atoms with E-state index in [1.165, 1.54) is 23.0 Å². The lowest BCUT2D eigenvalue weighted by Gasteiger charge is -2.08. The lowest BCUT2D eigenvalue weighted by molar-refractivity contribution is -0.116. The highest BCUT2D eigenvalue weighted by Crippen LogP contribution is 2.27. The van der Waals surface area contributed by atoms with Crippen molar-refractivity contribution < 1.29 is 13.9 Å². The van der Waals surface area contributed by atoms with Crippen LogP contribution in [0.2, 0.25) is 0 Å². The first-order valence-corrected chi connectivity index (χ1v) is 9.42. The average molecular weight is 372 g/mol. The summed E-state index contributed by atoms with van der Waals surface area (Å²) in [6.45, 7) is 4.76. The number of anilines is 1. The van der Waals surface area contributed by atoms with Crippen molar-refractivity contribution >= 4 is 32.6 Å². The molecule has 4 nitrogen and oxygen atoms in total. The van der Waals surface area contributed by atoms with Crippen molar-refractivity contribution in [2.45, 2.75) is 32.6 Å². The third-order valence-corrected chi connectivity index (χ3v) is 4.92. The van der Waals surface area contributed by atoms with E-state index in [1.807, 2.05) is 12.1 Å². The number of rotatable bonds is 7. The first-order valence-electron chi connectivity index (χ1n) is 8.60. The van der Waals surface area contributed by atoms with Crippen LogP contribution in [0.3, 0.4) is 0 Å². The molecule has 6 heteroatoms. The summed E-state index contributed by atoms with van der Waals surface area (Å²) in [5.74, 6) is 0.763. The molecule has 3 aromatic rings. The Balaban J connectivity index is 1.44. The van der Waals surface area contributed by atoms with Gasteiger partial charge >= 0.3 is 0 Å². The zero-order valence-corrected chi connectivity index (χ0v) is 15.6. The van der Waals surface area contributed by atoms with Gasteiger partial charge in [0.15, 0.2) is 5.13 Å². The number of ether oxygens (including phenoxy) is 1. The number of carbonyl (C=O) groups excluding carboxylic acids is 1. The topological polar surface area (TPSA) is 51.2 Å². The molecule has 1 heterocycles. The summed E-state index contributed by atoms with van der Waals surface area (Å²) in [6.07, 6.45) is 0.916. The number of carbonyl (C=O) groups is 1. The minimum atomic E-state index is -0.379. The first-order chi connectivity index (χ1) is 12.5. The van der Waals surface area contributed by atoms with Crippen molar-refractivity contribution in [2.75, 3.05) is 11.9 Å². The Kier molecular flexibility index (Phi) is 5.83. The van der Waals surface area contributed by atoms with Gasteiger partial charge in [-0.15, -0.1) is 0 Å². The van der Waals surface area contributed by atoms with Gasteiger partial charge in [-0.05, 0) is 42.2 Å². The molecule has 0 atom stereocenters. The van der Waals surface area contributed by atoms with Crippen LogP contribution in [0.4, 0.5) is 9.52 Å². The van der Waals surface area contributed by atoms with Gasteiger partial charge in [0.25, 0.3) is 0 Å².